The average molecular weight is 329 g/mol. The lowest BCUT2D eigenvalue weighted by atomic mass is 10.0. The van der Waals surface area contributed by atoms with Crippen molar-refractivity contribution in [3.05, 3.63) is 42.5 Å². The Bertz CT molecular complexity index is 631. The number of rotatable bonds is 6. The Morgan fingerprint density at radius 1 is 1.12 bits per heavy atom. The molecule has 0 amide bonds. The summed E-state index contributed by atoms with van der Waals surface area (Å²) in [6.45, 7) is 9.33. The second-order valence-electron chi connectivity index (χ2n) is 6.90. The Morgan fingerprint density at radius 2 is 1.79 bits per heavy atom. The largest absolute Gasteiger partial charge is 0.447 e. The first-order valence-corrected chi connectivity index (χ1v) is 8.73. The van der Waals surface area contributed by atoms with Gasteiger partial charge in [0.1, 0.15) is 12.0 Å². The molecular formula is C19H27N3O2. The van der Waals surface area contributed by atoms with Crippen LogP contribution >= 0.6 is 0 Å². The van der Waals surface area contributed by atoms with Crippen molar-refractivity contribution in [3.8, 4) is 11.3 Å². The number of hydrogen-bond donors (Lipinski definition) is 1. The molecule has 24 heavy (non-hydrogen) atoms. The van der Waals surface area contributed by atoms with E-state index in [0.717, 1.165) is 62.8 Å². The van der Waals surface area contributed by atoms with Gasteiger partial charge in [-0.2, -0.15) is 0 Å². The number of oxazole rings is 1. The lowest BCUT2D eigenvalue weighted by molar-refractivity contribution is -0.000226. The van der Waals surface area contributed by atoms with Gasteiger partial charge >= 0.3 is 0 Å². The van der Waals surface area contributed by atoms with Crippen molar-refractivity contribution in [2.75, 3.05) is 32.7 Å². The van der Waals surface area contributed by atoms with Crippen LogP contribution in [0.15, 0.2) is 41.0 Å². The van der Waals surface area contributed by atoms with Gasteiger partial charge in [0.05, 0.1) is 12.1 Å². The SMILES string of the molecule is CCC(C)(O)CN1CCN(Cc2nc(-c3ccccc3)co2)CC1. The minimum absolute atomic E-state index is 0.588. The van der Waals surface area contributed by atoms with E-state index in [2.05, 4.69) is 14.8 Å². The van der Waals surface area contributed by atoms with Crippen molar-refractivity contribution in [2.24, 2.45) is 0 Å². The van der Waals surface area contributed by atoms with Gasteiger partial charge in [-0.25, -0.2) is 4.98 Å². The Hall–Kier alpha value is -1.69. The summed E-state index contributed by atoms with van der Waals surface area (Å²) >= 11 is 0. The van der Waals surface area contributed by atoms with E-state index in [1.165, 1.54) is 0 Å². The molecule has 1 atom stereocenters. The van der Waals surface area contributed by atoms with Crippen LogP contribution in [0.2, 0.25) is 0 Å². The summed E-state index contributed by atoms with van der Waals surface area (Å²) in [5, 5.41) is 10.2. The van der Waals surface area contributed by atoms with Gasteiger partial charge in [0.2, 0.25) is 5.89 Å². The van der Waals surface area contributed by atoms with E-state index in [4.69, 9.17) is 4.42 Å². The molecule has 1 aliphatic rings. The average Bonchev–Trinajstić information content (AvgIpc) is 3.06. The maximum absolute atomic E-state index is 10.2. The van der Waals surface area contributed by atoms with Crippen molar-refractivity contribution in [2.45, 2.75) is 32.4 Å². The third-order valence-electron chi connectivity index (χ3n) is 4.77. The predicted molar refractivity (Wildman–Crippen MR) is 94.6 cm³/mol. The third-order valence-corrected chi connectivity index (χ3v) is 4.77. The van der Waals surface area contributed by atoms with E-state index in [1.54, 1.807) is 6.26 Å². The predicted octanol–water partition coefficient (Wildman–Crippen LogP) is 2.62. The Labute approximate surface area is 143 Å². The number of piperazine rings is 1. The minimum atomic E-state index is -0.588. The van der Waals surface area contributed by atoms with E-state index < -0.39 is 5.60 Å². The van der Waals surface area contributed by atoms with Gasteiger partial charge in [-0.1, -0.05) is 37.3 Å². The van der Waals surface area contributed by atoms with Gasteiger partial charge in [0, 0.05) is 38.3 Å². The first kappa shape index (κ1) is 17.1. The Morgan fingerprint density at radius 3 is 2.46 bits per heavy atom. The van der Waals surface area contributed by atoms with Crippen molar-refractivity contribution < 1.29 is 9.52 Å². The van der Waals surface area contributed by atoms with E-state index >= 15 is 0 Å². The van der Waals surface area contributed by atoms with Gasteiger partial charge in [0.15, 0.2) is 0 Å². The van der Waals surface area contributed by atoms with Crippen LogP contribution in [0.3, 0.4) is 0 Å². The first-order chi connectivity index (χ1) is 11.6. The minimum Gasteiger partial charge on any atom is -0.447 e. The normalized spacial score (nSPS) is 19.3. The molecule has 1 unspecified atom stereocenters. The van der Waals surface area contributed by atoms with Crippen LogP contribution in [-0.2, 0) is 6.54 Å². The van der Waals surface area contributed by atoms with E-state index in [9.17, 15) is 5.11 Å². The fraction of sp³-hybridized carbons (Fsp3) is 0.526. The molecule has 3 rings (SSSR count). The molecule has 1 N–H and O–H groups in total. The highest BCUT2D eigenvalue weighted by molar-refractivity contribution is 5.57. The molecule has 5 heteroatoms. The van der Waals surface area contributed by atoms with Crippen molar-refractivity contribution in [3.63, 3.8) is 0 Å². The summed E-state index contributed by atoms with van der Waals surface area (Å²) in [5.74, 6) is 0.767. The van der Waals surface area contributed by atoms with Gasteiger partial charge in [-0.3, -0.25) is 9.80 Å². The molecule has 0 radical (unpaired) electrons. The monoisotopic (exact) mass is 329 g/mol. The molecule has 0 aliphatic carbocycles. The molecule has 2 heterocycles. The summed E-state index contributed by atoms with van der Waals surface area (Å²) in [4.78, 5) is 9.30. The number of aliphatic hydroxyl groups is 1. The molecule has 130 valence electrons. The quantitative estimate of drug-likeness (QED) is 0.883. The number of hydrogen-bond acceptors (Lipinski definition) is 5. The van der Waals surface area contributed by atoms with Crippen molar-refractivity contribution in [1.82, 2.24) is 14.8 Å². The smallest absolute Gasteiger partial charge is 0.208 e. The number of aromatic nitrogens is 1. The van der Waals surface area contributed by atoms with Gasteiger partial charge in [-0.05, 0) is 13.3 Å². The topological polar surface area (TPSA) is 52.7 Å². The fourth-order valence-electron chi connectivity index (χ4n) is 3.02. The molecule has 0 spiro atoms. The number of benzene rings is 1. The van der Waals surface area contributed by atoms with Gasteiger partial charge < -0.3 is 9.52 Å². The first-order valence-electron chi connectivity index (χ1n) is 8.73. The number of nitrogens with zero attached hydrogens (tertiary/aromatic N) is 3. The molecule has 1 aromatic heterocycles. The van der Waals surface area contributed by atoms with Crippen molar-refractivity contribution in [1.29, 1.82) is 0 Å². The maximum atomic E-state index is 10.2. The summed E-state index contributed by atoms with van der Waals surface area (Å²) in [7, 11) is 0. The number of β-amino-alcohol motifs (C(OH)–C–C–N with tert-alkyl or cyclic N) is 1. The second kappa shape index (κ2) is 7.47. The van der Waals surface area contributed by atoms with Gasteiger partial charge in [-0.15, -0.1) is 0 Å². The molecule has 0 bridgehead atoms. The second-order valence-corrected chi connectivity index (χ2v) is 6.90. The fourth-order valence-corrected chi connectivity index (χ4v) is 3.02. The van der Waals surface area contributed by atoms with E-state index in [0.29, 0.717) is 0 Å². The van der Waals surface area contributed by atoms with Crippen LogP contribution < -0.4 is 0 Å². The lowest BCUT2D eigenvalue weighted by Gasteiger charge is -2.37. The molecule has 1 aromatic carbocycles. The van der Waals surface area contributed by atoms with Crippen LogP contribution in [0.4, 0.5) is 0 Å². The van der Waals surface area contributed by atoms with Crippen LogP contribution in [-0.4, -0.2) is 58.2 Å². The molecule has 2 aromatic rings. The van der Waals surface area contributed by atoms with Crippen LogP contribution in [0.1, 0.15) is 26.2 Å². The standard InChI is InChI=1S/C19H27N3O2/c1-3-19(2,23)15-22-11-9-21(10-12-22)13-18-20-17(14-24-18)16-7-5-4-6-8-16/h4-8,14,23H,3,9-13,15H2,1-2H3. The Kier molecular flexibility index (Phi) is 5.33. The molecule has 5 nitrogen and oxygen atoms in total. The van der Waals surface area contributed by atoms with Crippen LogP contribution in [0.25, 0.3) is 11.3 Å². The zero-order valence-electron chi connectivity index (χ0n) is 14.6. The van der Waals surface area contributed by atoms with Crippen molar-refractivity contribution >= 4 is 0 Å². The van der Waals surface area contributed by atoms with Crippen LogP contribution in [0.5, 0.6) is 0 Å². The molecule has 1 aliphatic heterocycles. The van der Waals surface area contributed by atoms with Crippen LogP contribution in [0, 0.1) is 0 Å². The highest BCUT2D eigenvalue weighted by Crippen LogP contribution is 2.19. The molecular weight excluding hydrogens is 302 g/mol. The summed E-state index contributed by atoms with van der Waals surface area (Å²) in [6.07, 6.45) is 2.52. The highest BCUT2D eigenvalue weighted by Gasteiger charge is 2.25. The lowest BCUT2D eigenvalue weighted by Crippen LogP contribution is -2.50. The molecule has 1 saturated heterocycles. The third kappa shape index (κ3) is 4.44. The van der Waals surface area contributed by atoms with Gasteiger partial charge in [0.25, 0.3) is 0 Å². The summed E-state index contributed by atoms with van der Waals surface area (Å²) in [5.41, 5.74) is 1.39. The maximum Gasteiger partial charge on any atom is 0.208 e. The molecule has 1 fully saturated rings. The Balaban J connectivity index is 1.51. The summed E-state index contributed by atoms with van der Waals surface area (Å²) in [6, 6.07) is 10.1. The van der Waals surface area contributed by atoms with E-state index in [-0.39, 0.29) is 0 Å². The zero-order valence-corrected chi connectivity index (χ0v) is 14.6. The highest BCUT2D eigenvalue weighted by atomic mass is 16.3. The summed E-state index contributed by atoms with van der Waals surface area (Å²) < 4.78 is 5.64. The zero-order chi connectivity index (χ0) is 17.0. The van der Waals surface area contributed by atoms with E-state index in [1.807, 2.05) is 44.2 Å². The molecule has 0 saturated carbocycles.